The molecule has 2 amide bonds. The summed E-state index contributed by atoms with van der Waals surface area (Å²) in [5.74, 6) is 0.181. The summed E-state index contributed by atoms with van der Waals surface area (Å²) >= 11 is 0. The summed E-state index contributed by atoms with van der Waals surface area (Å²) in [7, 11) is -3.81. The summed E-state index contributed by atoms with van der Waals surface area (Å²) in [6.45, 7) is 0.00545. The largest absolute Gasteiger partial charge is 0.489 e. The lowest BCUT2D eigenvalue weighted by atomic mass is 10.1. The van der Waals surface area contributed by atoms with E-state index in [4.69, 9.17) is 10.5 Å². The van der Waals surface area contributed by atoms with E-state index in [0.29, 0.717) is 22.9 Å². The lowest BCUT2D eigenvalue weighted by Crippen LogP contribution is -2.61. The molecule has 1 saturated carbocycles. The van der Waals surface area contributed by atoms with E-state index >= 15 is 0 Å². The molecule has 1 saturated heterocycles. The first kappa shape index (κ1) is 24.1. The minimum atomic E-state index is -3.81. The summed E-state index contributed by atoms with van der Waals surface area (Å²) < 4.78 is 33.3. The number of nitrogens with one attached hydrogen (secondary N) is 2. The molecule has 196 valence electrons. The van der Waals surface area contributed by atoms with Gasteiger partial charge in [0.25, 0.3) is 5.91 Å². The van der Waals surface area contributed by atoms with Crippen LogP contribution in [0.5, 0.6) is 5.75 Å². The first-order valence-electron chi connectivity index (χ1n) is 12.1. The molecule has 1 atom stereocenters. The summed E-state index contributed by atoms with van der Waals surface area (Å²) in [6, 6.07) is 13.1. The smallest absolute Gasteiger partial charge is 0.254 e. The lowest BCUT2D eigenvalue weighted by molar-refractivity contribution is -0.121. The number of rotatable bonds is 7. The molecule has 1 unspecified atom stereocenters. The van der Waals surface area contributed by atoms with Gasteiger partial charge in [-0.25, -0.2) is 13.4 Å². The predicted octanol–water partition coefficient (Wildman–Crippen LogP) is 1.69. The van der Waals surface area contributed by atoms with Gasteiger partial charge in [0, 0.05) is 30.5 Å². The highest BCUT2D eigenvalue weighted by Crippen LogP contribution is 2.39. The molecule has 0 radical (unpaired) electrons. The number of nitrogens with two attached hydrogens (primary N) is 1. The Hall–Kier alpha value is -4.23. The Kier molecular flexibility index (Phi) is 5.88. The van der Waals surface area contributed by atoms with Gasteiger partial charge in [0.1, 0.15) is 18.2 Å². The van der Waals surface area contributed by atoms with E-state index in [0.717, 1.165) is 12.8 Å². The molecule has 3 aliphatic rings. The van der Waals surface area contributed by atoms with E-state index in [9.17, 15) is 18.0 Å². The topological polar surface area (TPSA) is 160 Å². The molecular weight excluding hydrogens is 510 g/mol. The minimum absolute atomic E-state index is 0.124. The second kappa shape index (κ2) is 9.26. The van der Waals surface area contributed by atoms with Gasteiger partial charge in [-0.2, -0.15) is 9.29 Å². The van der Waals surface area contributed by atoms with Crippen molar-refractivity contribution in [3.05, 3.63) is 60.3 Å². The van der Waals surface area contributed by atoms with Crippen molar-refractivity contribution in [1.82, 2.24) is 14.3 Å². The number of hydrogen-bond acceptors (Lipinski definition) is 9. The molecule has 0 spiro atoms. The number of carbonyl (C=O) groups is 2. The van der Waals surface area contributed by atoms with Gasteiger partial charge >= 0.3 is 0 Å². The number of benzene rings is 2. The fourth-order valence-electron chi connectivity index (χ4n) is 4.57. The first-order valence-corrected chi connectivity index (χ1v) is 13.6. The number of fused-ring (bicyclic) bond motifs is 3. The van der Waals surface area contributed by atoms with E-state index in [-0.39, 0.29) is 48.1 Å². The molecular formula is C25H25N7O5S. The molecule has 0 bridgehead atoms. The summed E-state index contributed by atoms with van der Waals surface area (Å²) in [5.41, 5.74) is 6.85. The van der Waals surface area contributed by atoms with Crippen LogP contribution in [0.15, 0.2) is 59.6 Å². The van der Waals surface area contributed by atoms with E-state index < -0.39 is 22.0 Å². The monoisotopic (exact) mass is 535 g/mol. The molecule has 3 aromatic rings. The maximum atomic E-state index is 13.2. The van der Waals surface area contributed by atoms with Gasteiger partial charge in [0.2, 0.25) is 21.9 Å². The van der Waals surface area contributed by atoms with Gasteiger partial charge in [0.15, 0.2) is 0 Å². The highest BCUT2D eigenvalue weighted by Gasteiger charge is 2.42. The molecule has 6 rings (SSSR count). The van der Waals surface area contributed by atoms with Gasteiger partial charge in [-0.05, 0) is 37.1 Å². The fraction of sp³-hybridized carbons (Fsp3) is 0.280. The maximum absolute atomic E-state index is 13.2. The van der Waals surface area contributed by atoms with E-state index in [2.05, 4.69) is 20.6 Å². The van der Waals surface area contributed by atoms with Crippen LogP contribution in [0.4, 0.5) is 23.1 Å². The summed E-state index contributed by atoms with van der Waals surface area (Å²) in [6.07, 6.45) is 3.38. The normalized spacial score (nSPS) is 19.2. The van der Waals surface area contributed by atoms with Crippen LogP contribution in [0.25, 0.3) is 0 Å². The Morgan fingerprint density at radius 1 is 1.13 bits per heavy atom. The molecule has 1 aliphatic carbocycles. The van der Waals surface area contributed by atoms with Crippen molar-refractivity contribution in [2.45, 2.75) is 29.8 Å². The SMILES string of the molecule is NC(=O)c1cnc(Nc2ccc3c(c2)OCC2CN(S(=O)(=O)c4ccccc4)CC(=O)N32)nc1NC1CC1. The zero-order valence-corrected chi connectivity index (χ0v) is 21.0. The Bertz CT molecular complexity index is 1530. The average molecular weight is 536 g/mol. The third kappa shape index (κ3) is 4.50. The highest BCUT2D eigenvalue weighted by molar-refractivity contribution is 7.89. The standard InChI is InChI=1S/C25H25N7O5S/c26-23(34)19-11-27-25(30-24(19)28-15-6-7-15)29-16-8-9-20-21(10-16)37-14-17-12-31(13-22(33)32(17)20)38(35,36)18-4-2-1-3-5-18/h1-5,8-11,15,17H,6-7,12-14H2,(H2,26,34)(H2,27,28,29,30). The summed E-state index contributed by atoms with van der Waals surface area (Å²) in [4.78, 5) is 35.3. The third-order valence-electron chi connectivity index (χ3n) is 6.62. The number of piperazine rings is 1. The van der Waals surface area contributed by atoms with Crippen molar-refractivity contribution in [2.24, 2.45) is 5.73 Å². The quantitative estimate of drug-likeness (QED) is 0.409. The Balaban J connectivity index is 1.21. The lowest BCUT2D eigenvalue weighted by Gasteiger charge is -2.43. The number of amides is 2. The van der Waals surface area contributed by atoms with Crippen LogP contribution < -0.4 is 26.0 Å². The Morgan fingerprint density at radius 3 is 2.66 bits per heavy atom. The van der Waals surface area contributed by atoms with Crippen LogP contribution in [-0.4, -0.2) is 66.3 Å². The van der Waals surface area contributed by atoms with Crippen molar-refractivity contribution < 1.29 is 22.7 Å². The number of aromatic nitrogens is 2. The van der Waals surface area contributed by atoms with Gasteiger partial charge in [-0.15, -0.1) is 0 Å². The first-order chi connectivity index (χ1) is 18.3. The predicted molar refractivity (Wildman–Crippen MR) is 139 cm³/mol. The van der Waals surface area contributed by atoms with Gasteiger partial charge in [-0.1, -0.05) is 18.2 Å². The van der Waals surface area contributed by atoms with E-state index in [1.807, 2.05) is 0 Å². The van der Waals surface area contributed by atoms with Crippen LogP contribution >= 0.6 is 0 Å². The number of carbonyl (C=O) groups excluding carboxylic acids is 2. The van der Waals surface area contributed by atoms with Crippen molar-refractivity contribution in [2.75, 3.05) is 35.2 Å². The second-order valence-electron chi connectivity index (χ2n) is 9.39. The van der Waals surface area contributed by atoms with Crippen LogP contribution in [0.2, 0.25) is 0 Å². The van der Waals surface area contributed by atoms with Crippen molar-refractivity contribution >= 4 is 45.0 Å². The molecule has 38 heavy (non-hydrogen) atoms. The number of sulfonamides is 1. The van der Waals surface area contributed by atoms with Gasteiger partial charge in [0.05, 0.1) is 28.7 Å². The van der Waals surface area contributed by atoms with Gasteiger partial charge in [-0.3, -0.25) is 14.5 Å². The number of nitrogens with zero attached hydrogens (tertiary/aromatic N) is 4. The van der Waals surface area contributed by atoms with Crippen molar-refractivity contribution in [3.63, 3.8) is 0 Å². The number of primary amides is 1. The van der Waals surface area contributed by atoms with Crippen LogP contribution in [-0.2, 0) is 14.8 Å². The number of hydrogen-bond donors (Lipinski definition) is 3. The van der Waals surface area contributed by atoms with Crippen molar-refractivity contribution in [1.29, 1.82) is 0 Å². The maximum Gasteiger partial charge on any atom is 0.254 e. The van der Waals surface area contributed by atoms with E-state index in [1.54, 1.807) is 41.3 Å². The Labute approximate surface area is 218 Å². The van der Waals surface area contributed by atoms with E-state index in [1.165, 1.54) is 22.6 Å². The number of ether oxygens (including phenoxy) is 1. The highest BCUT2D eigenvalue weighted by atomic mass is 32.2. The average Bonchev–Trinajstić information content (AvgIpc) is 3.73. The Morgan fingerprint density at radius 2 is 1.92 bits per heavy atom. The van der Waals surface area contributed by atoms with Crippen LogP contribution in [0.3, 0.4) is 0 Å². The summed E-state index contributed by atoms with van der Waals surface area (Å²) in [5, 5.41) is 6.29. The van der Waals surface area contributed by atoms with Crippen LogP contribution in [0, 0.1) is 0 Å². The zero-order chi connectivity index (χ0) is 26.4. The molecule has 3 heterocycles. The molecule has 13 heteroatoms. The number of anilines is 4. The minimum Gasteiger partial charge on any atom is -0.489 e. The zero-order valence-electron chi connectivity index (χ0n) is 20.2. The van der Waals surface area contributed by atoms with Crippen LogP contribution in [0.1, 0.15) is 23.2 Å². The van der Waals surface area contributed by atoms with Gasteiger partial charge < -0.3 is 21.1 Å². The molecule has 4 N–H and O–H groups in total. The second-order valence-corrected chi connectivity index (χ2v) is 11.3. The molecule has 2 aliphatic heterocycles. The van der Waals surface area contributed by atoms with Crippen molar-refractivity contribution in [3.8, 4) is 5.75 Å². The molecule has 1 aromatic heterocycles. The molecule has 2 aromatic carbocycles. The third-order valence-corrected chi connectivity index (χ3v) is 8.45. The molecule has 2 fully saturated rings. The molecule has 12 nitrogen and oxygen atoms in total. The fourth-order valence-corrected chi connectivity index (χ4v) is 6.02.